The Morgan fingerprint density at radius 1 is 1.00 bits per heavy atom. The van der Waals surface area contributed by atoms with E-state index in [0.29, 0.717) is 10.6 Å². The average molecular weight is 427 g/mol. The summed E-state index contributed by atoms with van der Waals surface area (Å²) in [5, 5.41) is 9.57. The van der Waals surface area contributed by atoms with Crippen LogP contribution in [0.3, 0.4) is 0 Å². The van der Waals surface area contributed by atoms with E-state index >= 15 is 0 Å². The van der Waals surface area contributed by atoms with Crippen LogP contribution in [0.5, 0.6) is 0 Å². The number of aromatic nitrogens is 4. The lowest BCUT2D eigenvalue weighted by molar-refractivity contribution is 0.0606. The molecule has 0 atom stereocenters. The zero-order chi connectivity index (χ0) is 21.4. The summed E-state index contributed by atoms with van der Waals surface area (Å²) in [5.41, 5.74) is 5.38. The molecule has 152 valence electrons. The van der Waals surface area contributed by atoms with Crippen LogP contribution in [0.25, 0.3) is 38.3 Å². The van der Waals surface area contributed by atoms with Gasteiger partial charge in [0, 0.05) is 17.1 Å². The summed E-state index contributed by atoms with van der Waals surface area (Å²) in [4.78, 5) is 18.5. The molecule has 0 N–H and O–H groups in total. The third kappa shape index (κ3) is 3.29. The zero-order valence-corrected chi connectivity index (χ0v) is 17.8. The van der Waals surface area contributed by atoms with Crippen molar-refractivity contribution in [3.05, 3.63) is 83.5 Å². The third-order valence-corrected chi connectivity index (χ3v) is 6.18. The molecular weight excluding hydrogens is 408 g/mol. The molecule has 3 heterocycles. The molecule has 5 aromatic rings. The molecule has 0 aliphatic rings. The first-order valence-electron chi connectivity index (χ1n) is 9.71. The van der Waals surface area contributed by atoms with Crippen LogP contribution >= 0.6 is 11.3 Å². The number of hydrogen-bond acceptors (Lipinski definition) is 6. The van der Waals surface area contributed by atoms with E-state index in [1.165, 1.54) is 18.4 Å². The highest BCUT2D eigenvalue weighted by molar-refractivity contribution is 7.21. The number of carbonyl (C=O) groups excluding carboxylic acids is 1. The SMILES string of the molecule is COC(=O)c1sc2ncc(C)c(-c3ccccc3)c2c1-n1cc(-c2ccccc2)nn1. The van der Waals surface area contributed by atoms with E-state index in [9.17, 15) is 4.79 Å². The Morgan fingerprint density at radius 2 is 1.68 bits per heavy atom. The number of benzene rings is 2. The molecule has 2 aromatic carbocycles. The van der Waals surface area contributed by atoms with Gasteiger partial charge < -0.3 is 4.74 Å². The van der Waals surface area contributed by atoms with Crippen LogP contribution in [0.1, 0.15) is 15.2 Å². The van der Waals surface area contributed by atoms with Crippen molar-refractivity contribution in [1.82, 2.24) is 20.0 Å². The van der Waals surface area contributed by atoms with Crippen molar-refractivity contribution < 1.29 is 9.53 Å². The summed E-state index contributed by atoms with van der Waals surface area (Å²) in [5.74, 6) is -0.425. The summed E-state index contributed by atoms with van der Waals surface area (Å²) in [6.07, 6.45) is 3.67. The third-order valence-electron chi connectivity index (χ3n) is 5.11. The number of aryl methyl sites for hydroxylation is 1. The molecule has 0 fully saturated rings. The maximum atomic E-state index is 12.7. The molecule has 0 saturated carbocycles. The van der Waals surface area contributed by atoms with Gasteiger partial charge in [0.15, 0.2) is 0 Å². The Morgan fingerprint density at radius 3 is 2.35 bits per heavy atom. The van der Waals surface area contributed by atoms with Crippen LogP contribution in [0, 0.1) is 6.92 Å². The number of carbonyl (C=O) groups is 1. The van der Waals surface area contributed by atoms with Crippen molar-refractivity contribution >= 4 is 27.5 Å². The number of fused-ring (bicyclic) bond motifs is 1. The van der Waals surface area contributed by atoms with Gasteiger partial charge in [-0.25, -0.2) is 14.5 Å². The number of rotatable bonds is 4. The van der Waals surface area contributed by atoms with Gasteiger partial charge in [0.05, 0.1) is 13.3 Å². The molecule has 0 aliphatic carbocycles. The molecule has 0 spiro atoms. The second-order valence-electron chi connectivity index (χ2n) is 7.05. The van der Waals surface area contributed by atoms with Gasteiger partial charge in [0.2, 0.25) is 0 Å². The van der Waals surface area contributed by atoms with Crippen molar-refractivity contribution in [2.45, 2.75) is 6.92 Å². The van der Waals surface area contributed by atoms with Crippen LogP contribution in [0.15, 0.2) is 73.1 Å². The van der Waals surface area contributed by atoms with E-state index in [4.69, 9.17) is 4.74 Å². The smallest absolute Gasteiger partial charge is 0.350 e. The highest BCUT2D eigenvalue weighted by atomic mass is 32.1. The molecule has 0 bridgehead atoms. The molecular formula is C24H18N4O2S. The molecule has 0 aliphatic heterocycles. The van der Waals surface area contributed by atoms with Gasteiger partial charge >= 0.3 is 5.97 Å². The first-order chi connectivity index (χ1) is 15.2. The fourth-order valence-electron chi connectivity index (χ4n) is 3.69. The molecule has 7 heteroatoms. The van der Waals surface area contributed by atoms with Gasteiger partial charge in [-0.15, -0.1) is 16.4 Å². The number of nitrogens with zero attached hydrogens (tertiary/aromatic N) is 4. The minimum absolute atomic E-state index is 0.425. The van der Waals surface area contributed by atoms with Gasteiger partial charge in [0.25, 0.3) is 0 Å². The second kappa shape index (κ2) is 7.77. The summed E-state index contributed by atoms with van der Waals surface area (Å²) < 4.78 is 6.73. The Bertz CT molecular complexity index is 1390. The molecule has 0 unspecified atom stereocenters. The summed E-state index contributed by atoms with van der Waals surface area (Å²) >= 11 is 1.30. The summed E-state index contributed by atoms with van der Waals surface area (Å²) in [6.45, 7) is 2.02. The molecule has 6 nitrogen and oxygen atoms in total. The van der Waals surface area contributed by atoms with Gasteiger partial charge in [-0.1, -0.05) is 65.9 Å². The zero-order valence-electron chi connectivity index (χ0n) is 16.9. The highest BCUT2D eigenvalue weighted by Crippen LogP contribution is 2.41. The molecule has 0 radical (unpaired) electrons. The van der Waals surface area contributed by atoms with Gasteiger partial charge in [-0.05, 0) is 23.6 Å². The Hall–Kier alpha value is -3.84. The molecule has 31 heavy (non-hydrogen) atoms. The Labute approximate surface area is 182 Å². The Kier molecular flexibility index (Phi) is 4.80. The minimum atomic E-state index is -0.425. The minimum Gasteiger partial charge on any atom is -0.465 e. The number of esters is 1. The predicted octanol–water partition coefficient (Wildman–Crippen LogP) is 5.31. The van der Waals surface area contributed by atoms with E-state index < -0.39 is 5.97 Å². The number of hydrogen-bond donors (Lipinski definition) is 0. The van der Waals surface area contributed by atoms with Crippen LogP contribution in [-0.2, 0) is 4.74 Å². The standard InChI is InChI=1S/C24H18N4O2S/c1-15-13-25-23-20(19(15)17-11-7-4-8-12-17)21(22(31-23)24(29)30-2)28-14-18(26-27-28)16-9-5-3-6-10-16/h3-14H,1-2H3. The van der Waals surface area contributed by atoms with Gasteiger partial charge in [-0.3, -0.25) is 0 Å². The first-order valence-corrected chi connectivity index (χ1v) is 10.5. The quantitative estimate of drug-likeness (QED) is 0.365. The normalized spacial score (nSPS) is 11.0. The molecule has 3 aromatic heterocycles. The highest BCUT2D eigenvalue weighted by Gasteiger charge is 2.26. The summed E-state index contributed by atoms with van der Waals surface area (Å²) in [6, 6.07) is 19.9. The molecule has 5 rings (SSSR count). The first kappa shape index (κ1) is 19.1. The van der Waals surface area contributed by atoms with Crippen LogP contribution in [0.2, 0.25) is 0 Å². The summed E-state index contributed by atoms with van der Waals surface area (Å²) in [7, 11) is 1.38. The predicted molar refractivity (Wildman–Crippen MR) is 121 cm³/mol. The maximum Gasteiger partial charge on any atom is 0.350 e. The maximum absolute atomic E-state index is 12.7. The fraction of sp³-hybridized carbons (Fsp3) is 0.0833. The lowest BCUT2D eigenvalue weighted by Crippen LogP contribution is -2.05. The topological polar surface area (TPSA) is 69.9 Å². The van der Waals surface area contributed by atoms with E-state index in [1.54, 1.807) is 4.68 Å². The van der Waals surface area contributed by atoms with Crippen molar-refractivity contribution in [1.29, 1.82) is 0 Å². The van der Waals surface area contributed by atoms with E-state index in [0.717, 1.165) is 38.2 Å². The van der Waals surface area contributed by atoms with Crippen molar-refractivity contribution in [3.63, 3.8) is 0 Å². The lowest BCUT2D eigenvalue weighted by atomic mass is 9.98. The number of methoxy groups -OCH3 is 1. The lowest BCUT2D eigenvalue weighted by Gasteiger charge is -2.10. The molecule has 0 saturated heterocycles. The number of thiophene rings is 1. The largest absolute Gasteiger partial charge is 0.465 e. The average Bonchev–Trinajstić information content (AvgIpc) is 3.44. The number of ether oxygens (including phenoxy) is 1. The van der Waals surface area contributed by atoms with E-state index in [2.05, 4.69) is 27.4 Å². The van der Waals surface area contributed by atoms with Crippen LogP contribution < -0.4 is 0 Å². The van der Waals surface area contributed by atoms with Crippen molar-refractivity contribution in [3.8, 4) is 28.1 Å². The van der Waals surface area contributed by atoms with Gasteiger partial charge in [0.1, 0.15) is 21.1 Å². The number of pyridine rings is 1. The van der Waals surface area contributed by atoms with Gasteiger partial charge in [-0.2, -0.15) is 0 Å². The van der Waals surface area contributed by atoms with Crippen LogP contribution in [0.4, 0.5) is 0 Å². The Balaban J connectivity index is 1.82. The molecule has 0 amide bonds. The second-order valence-corrected chi connectivity index (χ2v) is 8.05. The van der Waals surface area contributed by atoms with E-state index in [1.807, 2.05) is 67.8 Å². The van der Waals surface area contributed by atoms with E-state index in [-0.39, 0.29) is 0 Å². The van der Waals surface area contributed by atoms with Crippen molar-refractivity contribution in [2.24, 2.45) is 0 Å². The van der Waals surface area contributed by atoms with Crippen molar-refractivity contribution in [2.75, 3.05) is 7.11 Å². The van der Waals surface area contributed by atoms with Crippen LogP contribution in [-0.4, -0.2) is 33.1 Å². The monoisotopic (exact) mass is 426 g/mol. The fourth-order valence-corrected chi connectivity index (χ4v) is 4.74.